The van der Waals surface area contributed by atoms with E-state index in [1.165, 1.54) is 0 Å². The predicted molar refractivity (Wildman–Crippen MR) is 75.8 cm³/mol. The molecule has 2 N–H and O–H groups in total. The third kappa shape index (κ3) is 3.50. The first kappa shape index (κ1) is 13.8. The highest BCUT2D eigenvalue weighted by atomic mass is 16.5. The average molecular weight is 290 g/mol. The summed E-state index contributed by atoms with van der Waals surface area (Å²) in [5.74, 6) is 0.779. The molecular weight excluding hydrogens is 272 g/mol. The first-order chi connectivity index (χ1) is 10.3. The summed E-state index contributed by atoms with van der Waals surface area (Å²) in [5, 5.41) is 9.91. The summed E-state index contributed by atoms with van der Waals surface area (Å²) in [6.45, 7) is 5.48. The monoisotopic (exact) mass is 290 g/mol. The second-order valence-corrected chi connectivity index (χ2v) is 4.90. The van der Waals surface area contributed by atoms with Gasteiger partial charge in [-0.2, -0.15) is 0 Å². The van der Waals surface area contributed by atoms with E-state index in [1.54, 1.807) is 24.5 Å². The molecule has 1 aliphatic heterocycles. The normalized spacial score (nSPS) is 16.0. The fraction of sp³-hybridized carbons (Fsp3) is 0.429. The quantitative estimate of drug-likeness (QED) is 0.837. The lowest BCUT2D eigenvalue weighted by molar-refractivity contribution is 0.0938. The van der Waals surface area contributed by atoms with Crippen molar-refractivity contribution in [2.75, 3.05) is 39.3 Å². The van der Waals surface area contributed by atoms with E-state index in [0.29, 0.717) is 18.1 Å². The van der Waals surface area contributed by atoms with Gasteiger partial charge in [0.25, 0.3) is 5.91 Å². The molecule has 1 fully saturated rings. The van der Waals surface area contributed by atoms with E-state index in [1.807, 2.05) is 0 Å². The molecule has 21 heavy (non-hydrogen) atoms. The fourth-order valence-corrected chi connectivity index (χ4v) is 2.27. The van der Waals surface area contributed by atoms with E-state index >= 15 is 0 Å². The minimum atomic E-state index is -0.230. The van der Waals surface area contributed by atoms with E-state index in [9.17, 15) is 4.79 Å². The van der Waals surface area contributed by atoms with Crippen molar-refractivity contribution in [2.45, 2.75) is 0 Å². The molecule has 3 rings (SSSR count). The highest BCUT2D eigenvalue weighted by molar-refractivity contribution is 5.92. The molecule has 0 saturated carbocycles. The zero-order valence-corrected chi connectivity index (χ0v) is 11.7. The Bertz CT molecular complexity index is 573. The van der Waals surface area contributed by atoms with Crippen molar-refractivity contribution in [2.24, 2.45) is 0 Å². The Kier molecular flexibility index (Phi) is 4.32. The number of piperazine rings is 1. The van der Waals surface area contributed by atoms with Crippen LogP contribution in [0.5, 0.6) is 0 Å². The minimum absolute atomic E-state index is 0.230. The molecule has 3 heterocycles. The van der Waals surface area contributed by atoms with Crippen molar-refractivity contribution in [3.63, 3.8) is 0 Å². The molecule has 1 aliphatic rings. The van der Waals surface area contributed by atoms with Crippen LogP contribution in [0.4, 0.5) is 0 Å². The van der Waals surface area contributed by atoms with Crippen LogP contribution in [0, 0.1) is 0 Å². The van der Waals surface area contributed by atoms with Crippen molar-refractivity contribution >= 4 is 5.91 Å². The molecule has 0 aliphatic carbocycles. The summed E-state index contributed by atoms with van der Waals surface area (Å²) in [6, 6.07) is 5.09. The molecule has 0 bridgehead atoms. The Morgan fingerprint density at radius 2 is 2.24 bits per heavy atom. The Balaban J connectivity index is 1.49. The van der Waals surface area contributed by atoms with Gasteiger partial charge >= 0.3 is 0 Å². The fourth-order valence-electron chi connectivity index (χ4n) is 2.27. The van der Waals surface area contributed by atoms with Crippen LogP contribution in [0.3, 0.4) is 0 Å². The summed E-state index contributed by atoms with van der Waals surface area (Å²) in [7, 11) is 0. The average Bonchev–Trinajstić information content (AvgIpc) is 3.19. The van der Waals surface area contributed by atoms with Gasteiger partial charge in [0.2, 0.25) is 5.76 Å². The van der Waals surface area contributed by atoms with E-state index in [-0.39, 0.29) is 11.6 Å². The Morgan fingerprint density at radius 1 is 1.38 bits per heavy atom. The lowest BCUT2D eigenvalue weighted by Crippen LogP contribution is -2.46. The predicted octanol–water partition coefficient (Wildman–Crippen LogP) is 0.570. The summed E-state index contributed by atoms with van der Waals surface area (Å²) < 4.78 is 10.3. The molecule has 0 atom stereocenters. The molecule has 0 aromatic carbocycles. The van der Waals surface area contributed by atoms with Crippen molar-refractivity contribution in [1.82, 2.24) is 20.7 Å². The van der Waals surface area contributed by atoms with Crippen molar-refractivity contribution in [1.29, 1.82) is 0 Å². The van der Waals surface area contributed by atoms with Gasteiger partial charge in [-0.15, -0.1) is 0 Å². The Labute approximate surface area is 122 Å². The van der Waals surface area contributed by atoms with Gasteiger partial charge in [-0.1, -0.05) is 5.16 Å². The molecule has 2 aromatic heterocycles. The molecule has 0 unspecified atom stereocenters. The molecule has 112 valence electrons. The number of carbonyl (C=O) groups is 1. The van der Waals surface area contributed by atoms with Gasteiger partial charge in [0.05, 0.1) is 6.26 Å². The SMILES string of the molecule is O=C(NCCN1CCNCC1)c1cc(-c2ccco2)on1. The lowest BCUT2D eigenvalue weighted by atomic mass is 10.3. The van der Waals surface area contributed by atoms with Gasteiger partial charge in [-0.3, -0.25) is 9.69 Å². The summed E-state index contributed by atoms with van der Waals surface area (Å²) in [5.41, 5.74) is 0.265. The number of nitrogens with zero attached hydrogens (tertiary/aromatic N) is 2. The number of carbonyl (C=O) groups excluding carboxylic acids is 1. The molecule has 0 radical (unpaired) electrons. The molecule has 7 nitrogen and oxygen atoms in total. The van der Waals surface area contributed by atoms with Gasteiger partial charge < -0.3 is 19.6 Å². The molecular formula is C14H18N4O3. The zero-order valence-electron chi connectivity index (χ0n) is 11.7. The summed E-state index contributed by atoms with van der Waals surface area (Å²) >= 11 is 0. The Hall–Kier alpha value is -2.12. The summed E-state index contributed by atoms with van der Waals surface area (Å²) in [4.78, 5) is 14.3. The van der Waals surface area contributed by atoms with Gasteiger partial charge in [0.1, 0.15) is 0 Å². The largest absolute Gasteiger partial charge is 0.461 e. The molecule has 7 heteroatoms. The molecule has 2 aromatic rings. The minimum Gasteiger partial charge on any atom is -0.461 e. The van der Waals surface area contributed by atoms with Crippen LogP contribution in [-0.2, 0) is 0 Å². The lowest BCUT2D eigenvalue weighted by Gasteiger charge is -2.26. The van der Waals surface area contributed by atoms with Crippen LogP contribution < -0.4 is 10.6 Å². The van der Waals surface area contributed by atoms with Gasteiger partial charge in [-0.25, -0.2) is 0 Å². The van der Waals surface area contributed by atoms with Crippen molar-refractivity contribution in [3.8, 4) is 11.5 Å². The smallest absolute Gasteiger partial charge is 0.273 e. The number of furan rings is 1. The number of hydrogen-bond acceptors (Lipinski definition) is 6. The standard InChI is InChI=1S/C14H18N4O3/c19-14(16-5-8-18-6-3-15-4-7-18)11-10-13(21-17-11)12-2-1-9-20-12/h1-2,9-10,15H,3-8H2,(H,16,19). The first-order valence-electron chi connectivity index (χ1n) is 7.05. The topological polar surface area (TPSA) is 83.5 Å². The zero-order chi connectivity index (χ0) is 14.5. The van der Waals surface area contributed by atoms with Crippen LogP contribution in [0.25, 0.3) is 11.5 Å². The number of nitrogens with one attached hydrogen (secondary N) is 2. The van der Waals surface area contributed by atoms with Crippen LogP contribution in [0.2, 0.25) is 0 Å². The van der Waals surface area contributed by atoms with Crippen LogP contribution in [0.1, 0.15) is 10.5 Å². The van der Waals surface area contributed by atoms with Crippen LogP contribution in [-0.4, -0.2) is 55.2 Å². The van der Waals surface area contributed by atoms with E-state index in [4.69, 9.17) is 8.94 Å². The third-order valence-corrected chi connectivity index (χ3v) is 3.43. The van der Waals surface area contributed by atoms with E-state index < -0.39 is 0 Å². The number of rotatable bonds is 5. The van der Waals surface area contributed by atoms with Crippen LogP contribution in [0.15, 0.2) is 33.4 Å². The summed E-state index contributed by atoms with van der Waals surface area (Å²) in [6.07, 6.45) is 1.55. The number of hydrogen-bond donors (Lipinski definition) is 2. The van der Waals surface area contributed by atoms with Crippen LogP contribution >= 0.6 is 0 Å². The van der Waals surface area contributed by atoms with Gasteiger partial charge in [-0.05, 0) is 12.1 Å². The van der Waals surface area contributed by atoms with E-state index in [2.05, 4.69) is 20.7 Å². The second kappa shape index (κ2) is 6.55. The van der Waals surface area contributed by atoms with Crippen molar-refractivity contribution < 1.29 is 13.7 Å². The van der Waals surface area contributed by atoms with Gasteiger partial charge in [0.15, 0.2) is 11.5 Å². The molecule has 1 saturated heterocycles. The number of amides is 1. The van der Waals surface area contributed by atoms with E-state index in [0.717, 1.165) is 32.7 Å². The maximum Gasteiger partial charge on any atom is 0.273 e. The Morgan fingerprint density at radius 3 is 3.00 bits per heavy atom. The maximum absolute atomic E-state index is 12.0. The maximum atomic E-state index is 12.0. The first-order valence-corrected chi connectivity index (χ1v) is 7.05. The third-order valence-electron chi connectivity index (χ3n) is 3.43. The number of aromatic nitrogens is 1. The molecule has 1 amide bonds. The highest BCUT2D eigenvalue weighted by Gasteiger charge is 2.15. The van der Waals surface area contributed by atoms with Crippen molar-refractivity contribution in [3.05, 3.63) is 30.2 Å². The highest BCUT2D eigenvalue weighted by Crippen LogP contribution is 2.20. The van der Waals surface area contributed by atoms with Gasteiger partial charge in [0, 0.05) is 45.3 Å². The second-order valence-electron chi connectivity index (χ2n) is 4.90. The molecule has 0 spiro atoms.